The maximum absolute atomic E-state index is 12.7. The first kappa shape index (κ1) is 19.6. The first-order valence-corrected chi connectivity index (χ1v) is 12.0. The van der Waals surface area contributed by atoms with E-state index in [0.29, 0.717) is 5.92 Å². The molecule has 2 aromatic carbocycles. The number of aryl methyl sites for hydroxylation is 1. The number of carbonyl (C=O) groups is 1. The van der Waals surface area contributed by atoms with E-state index in [1.54, 1.807) is 0 Å². The molecule has 1 unspecified atom stereocenters. The molecule has 31 heavy (non-hydrogen) atoms. The van der Waals surface area contributed by atoms with Gasteiger partial charge in [-0.25, -0.2) is 4.79 Å². The second kappa shape index (κ2) is 7.25. The van der Waals surface area contributed by atoms with E-state index in [2.05, 4.69) is 29.2 Å². The summed E-state index contributed by atoms with van der Waals surface area (Å²) in [6.45, 7) is 3.16. The number of piperidine rings is 3. The molecule has 2 aromatic rings. The van der Waals surface area contributed by atoms with E-state index < -0.39 is 6.09 Å². The van der Waals surface area contributed by atoms with E-state index in [9.17, 15) is 9.90 Å². The number of benzene rings is 2. The zero-order valence-corrected chi connectivity index (χ0v) is 18.5. The molecule has 0 aromatic heterocycles. The summed E-state index contributed by atoms with van der Waals surface area (Å²) < 4.78 is 0. The molecule has 162 valence electrons. The molecule has 1 amide bonds. The van der Waals surface area contributed by atoms with Crippen LogP contribution in [0.2, 0.25) is 5.02 Å². The van der Waals surface area contributed by atoms with Gasteiger partial charge in [-0.2, -0.15) is 0 Å². The lowest BCUT2D eigenvalue weighted by Crippen LogP contribution is -2.60. The normalized spacial score (nSPS) is 30.1. The Hall–Kier alpha value is -2.04. The van der Waals surface area contributed by atoms with Crippen LogP contribution >= 0.6 is 11.6 Å². The average molecular weight is 437 g/mol. The predicted molar refractivity (Wildman–Crippen MR) is 122 cm³/mol. The van der Waals surface area contributed by atoms with E-state index >= 15 is 0 Å². The minimum atomic E-state index is -0.734. The molecule has 2 atom stereocenters. The topological polar surface area (TPSA) is 43.8 Å². The van der Waals surface area contributed by atoms with Crippen LogP contribution in [0.25, 0.3) is 11.1 Å². The van der Waals surface area contributed by atoms with Gasteiger partial charge in [0.1, 0.15) is 0 Å². The van der Waals surface area contributed by atoms with Gasteiger partial charge in [-0.3, -0.25) is 4.90 Å². The van der Waals surface area contributed by atoms with Gasteiger partial charge in [0.05, 0.1) is 12.1 Å². The Morgan fingerprint density at radius 2 is 1.84 bits per heavy atom. The van der Waals surface area contributed by atoms with Crippen molar-refractivity contribution >= 4 is 17.7 Å². The summed E-state index contributed by atoms with van der Waals surface area (Å²) in [4.78, 5) is 17.1. The Balaban J connectivity index is 1.41. The predicted octanol–water partition coefficient (Wildman–Crippen LogP) is 5.85. The molecule has 5 heteroatoms. The highest BCUT2D eigenvalue weighted by Gasteiger charge is 2.57. The summed E-state index contributed by atoms with van der Waals surface area (Å²) in [7, 11) is 0. The number of hydrogen-bond donors (Lipinski definition) is 1. The van der Waals surface area contributed by atoms with Gasteiger partial charge in [-0.05, 0) is 97.3 Å². The molecule has 1 saturated carbocycles. The molecular formula is C26H29ClN2O2. The lowest BCUT2D eigenvalue weighted by molar-refractivity contribution is -0.0243. The van der Waals surface area contributed by atoms with Crippen LogP contribution in [0.3, 0.4) is 0 Å². The molecule has 1 N–H and O–H groups in total. The summed E-state index contributed by atoms with van der Waals surface area (Å²) in [5.74, 6) is 0.507. The van der Waals surface area contributed by atoms with Gasteiger partial charge in [0.15, 0.2) is 0 Å². The van der Waals surface area contributed by atoms with E-state index in [4.69, 9.17) is 11.6 Å². The maximum Gasteiger partial charge on any atom is 0.408 e. The SMILES string of the molecule is O=C(O)N(C1CN2CCC1CC2)[C@@H]1c2ccc(-c3cccc(Cl)c3)cc2CCC12CC2. The van der Waals surface area contributed by atoms with Gasteiger partial charge >= 0.3 is 6.09 Å². The fourth-order valence-electron chi connectivity index (χ4n) is 6.61. The van der Waals surface area contributed by atoms with E-state index in [1.165, 1.54) is 11.1 Å². The molecule has 3 heterocycles. The Labute approximate surface area is 188 Å². The van der Waals surface area contributed by atoms with Crippen molar-refractivity contribution in [3.63, 3.8) is 0 Å². The Morgan fingerprint density at radius 3 is 2.48 bits per heavy atom. The van der Waals surface area contributed by atoms with Crippen molar-refractivity contribution in [1.82, 2.24) is 9.80 Å². The zero-order chi connectivity index (χ0) is 21.2. The first-order valence-electron chi connectivity index (χ1n) is 11.7. The number of nitrogens with zero attached hydrogens (tertiary/aromatic N) is 2. The van der Waals surface area contributed by atoms with Crippen molar-refractivity contribution in [2.24, 2.45) is 11.3 Å². The van der Waals surface area contributed by atoms with Crippen LogP contribution < -0.4 is 0 Å². The third-order valence-electron chi connectivity index (χ3n) is 8.44. The summed E-state index contributed by atoms with van der Waals surface area (Å²) in [5, 5.41) is 11.2. The minimum absolute atomic E-state index is 0.00675. The molecule has 7 rings (SSSR count). The van der Waals surface area contributed by atoms with Crippen LogP contribution in [0.15, 0.2) is 42.5 Å². The average Bonchev–Trinajstić information content (AvgIpc) is 3.56. The highest BCUT2D eigenvalue weighted by molar-refractivity contribution is 6.30. The van der Waals surface area contributed by atoms with Crippen LogP contribution in [0, 0.1) is 11.3 Å². The highest BCUT2D eigenvalue weighted by atomic mass is 35.5. The number of amides is 1. The molecule has 4 fully saturated rings. The zero-order valence-electron chi connectivity index (χ0n) is 17.8. The molecule has 1 spiro atoms. The lowest BCUT2D eigenvalue weighted by atomic mass is 9.73. The highest BCUT2D eigenvalue weighted by Crippen LogP contribution is 2.63. The van der Waals surface area contributed by atoms with Gasteiger partial charge < -0.3 is 10.0 Å². The molecule has 3 aliphatic heterocycles. The van der Waals surface area contributed by atoms with E-state index in [-0.39, 0.29) is 17.5 Å². The summed E-state index contributed by atoms with van der Waals surface area (Å²) in [5.41, 5.74) is 4.98. The standard InChI is InChI=1S/C26H29ClN2O2/c27-21-3-1-2-18(15-21)19-4-5-22-20(14-19)6-9-26(10-11-26)24(22)29(25(30)31)23-16-28-12-7-17(23)8-13-28/h1-5,14-15,17,23-24H,6-13,16H2,(H,30,31)/t23?,24-/m1/s1. The van der Waals surface area contributed by atoms with Crippen molar-refractivity contribution in [1.29, 1.82) is 0 Å². The van der Waals surface area contributed by atoms with Gasteiger partial charge in [0.2, 0.25) is 0 Å². The minimum Gasteiger partial charge on any atom is -0.465 e. The molecule has 4 nitrogen and oxygen atoms in total. The Bertz CT molecular complexity index is 1030. The first-order chi connectivity index (χ1) is 15.0. The fourth-order valence-corrected chi connectivity index (χ4v) is 6.80. The third kappa shape index (κ3) is 3.27. The number of fused-ring (bicyclic) bond motifs is 4. The molecule has 2 aliphatic carbocycles. The summed E-state index contributed by atoms with van der Waals surface area (Å²) >= 11 is 6.22. The lowest BCUT2D eigenvalue weighted by Gasteiger charge is -2.52. The van der Waals surface area contributed by atoms with Crippen molar-refractivity contribution in [2.75, 3.05) is 19.6 Å². The van der Waals surface area contributed by atoms with Gasteiger partial charge in [0, 0.05) is 11.6 Å². The van der Waals surface area contributed by atoms with Crippen molar-refractivity contribution in [3.05, 3.63) is 58.6 Å². The maximum atomic E-state index is 12.7. The number of carboxylic acid groups (broad SMARTS) is 1. The Morgan fingerprint density at radius 1 is 1.06 bits per heavy atom. The van der Waals surface area contributed by atoms with Crippen LogP contribution in [-0.4, -0.2) is 46.7 Å². The van der Waals surface area contributed by atoms with Crippen LogP contribution in [-0.2, 0) is 6.42 Å². The van der Waals surface area contributed by atoms with Crippen molar-refractivity contribution in [3.8, 4) is 11.1 Å². The van der Waals surface area contributed by atoms with Crippen molar-refractivity contribution < 1.29 is 9.90 Å². The molecule has 5 aliphatic rings. The van der Waals surface area contributed by atoms with Gasteiger partial charge in [-0.15, -0.1) is 0 Å². The van der Waals surface area contributed by atoms with Gasteiger partial charge in [0.25, 0.3) is 0 Å². The van der Waals surface area contributed by atoms with E-state index in [1.807, 2.05) is 23.1 Å². The number of hydrogen-bond acceptors (Lipinski definition) is 2. The Kier molecular flexibility index (Phi) is 4.59. The quantitative estimate of drug-likeness (QED) is 0.656. The van der Waals surface area contributed by atoms with Crippen molar-refractivity contribution in [2.45, 2.75) is 50.6 Å². The fraction of sp³-hybridized carbons (Fsp3) is 0.500. The second-order valence-electron chi connectivity index (χ2n) is 10.1. The second-order valence-corrected chi connectivity index (χ2v) is 10.5. The van der Waals surface area contributed by atoms with Crippen LogP contribution in [0.1, 0.15) is 49.3 Å². The monoisotopic (exact) mass is 436 g/mol. The molecule has 2 bridgehead atoms. The largest absolute Gasteiger partial charge is 0.465 e. The third-order valence-corrected chi connectivity index (χ3v) is 8.67. The molecular weight excluding hydrogens is 408 g/mol. The van der Waals surface area contributed by atoms with Crippen LogP contribution in [0.5, 0.6) is 0 Å². The smallest absolute Gasteiger partial charge is 0.408 e. The summed E-state index contributed by atoms with van der Waals surface area (Å²) in [6.07, 6.45) is 5.96. The molecule has 3 saturated heterocycles. The number of rotatable bonds is 3. The van der Waals surface area contributed by atoms with E-state index in [0.717, 1.165) is 74.3 Å². The summed E-state index contributed by atoms with van der Waals surface area (Å²) in [6, 6.07) is 14.7. The van der Waals surface area contributed by atoms with Gasteiger partial charge in [-0.1, -0.05) is 41.9 Å². The van der Waals surface area contributed by atoms with Crippen LogP contribution in [0.4, 0.5) is 4.79 Å². The number of halogens is 1. The molecule has 0 radical (unpaired) electrons.